The van der Waals surface area contributed by atoms with Gasteiger partial charge in [0.1, 0.15) is 0 Å². The molecule has 5 aromatic rings. The minimum absolute atomic E-state index is 0.271. The minimum atomic E-state index is -0.345. The van der Waals surface area contributed by atoms with Crippen molar-refractivity contribution in [3.8, 4) is 10.6 Å². The third-order valence-electron chi connectivity index (χ3n) is 4.75. The van der Waals surface area contributed by atoms with Crippen molar-refractivity contribution in [2.75, 3.05) is 5.32 Å². The Bertz CT molecular complexity index is 1500. The molecule has 5 rings (SSSR count). The van der Waals surface area contributed by atoms with Gasteiger partial charge in [0.25, 0.3) is 17.2 Å². The number of anilines is 1. The van der Waals surface area contributed by atoms with E-state index in [1.54, 1.807) is 42.5 Å². The molecule has 8 nitrogen and oxygen atoms in total. The third kappa shape index (κ3) is 3.05. The summed E-state index contributed by atoms with van der Waals surface area (Å²) in [6, 6.07) is 10.7. The van der Waals surface area contributed by atoms with Gasteiger partial charge in [0.05, 0.1) is 44.4 Å². The van der Waals surface area contributed by atoms with E-state index in [0.717, 1.165) is 9.75 Å². The molecule has 4 heterocycles. The summed E-state index contributed by atoms with van der Waals surface area (Å²) < 4.78 is 5.34. The number of aromatic nitrogens is 4. The molecule has 4 aromatic heterocycles. The molecule has 1 aromatic carbocycles. The van der Waals surface area contributed by atoms with Crippen LogP contribution in [-0.4, -0.2) is 26.0 Å². The fourth-order valence-electron chi connectivity index (χ4n) is 3.32. The summed E-state index contributed by atoms with van der Waals surface area (Å²) in [5.74, 6) is -0.345. The Balaban J connectivity index is 1.59. The van der Waals surface area contributed by atoms with Crippen LogP contribution in [-0.2, 0) is 0 Å². The molecule has 0 saturated heterocycles. The molecule has 0 saturated carbocycles. The fraction of sp³-hybridized carbons (Fsp3) is 0.0952. The topological polar surface area (TPSA) is 114 Å². The normalized spacial score (nSPS) is 11.3. The lowest BCUT2D eigenvalue weighted by atomic mass is 10.1. The van der Waals surface area contributed by atoms with Crippen LogP contribution in [0.5, 0.6) is 0 Å². The van der Waals surface area contributed by atoms with Crippen LogP contribution < -0.4 is 10.9 Å². The van der Waals surface area contributed by atoms with Gasteiger partial charge in [-0.2, -0.15) is 0 Å². The number of rotatable bonds is 3. The van der Waals surface area contributed by atoms with Crippen LogP contribution in [0.25, 0.3) is 32.6 Å². The quantitative estimate of drug-likeness (QED) is 0.458. The number of thiophene rings is 1. The number of carbonyl (C=O) groups excluding carboxylic acids is 1. The van der Waals surface area contributed by atoms with E-state index in [1.165, 1.54) is 6.33 Å². The summed E-state index contributed by atoms with van der Waals surface area (Å²) in [7, 11) is 0. The number of hydrogen-bond donors (Lipinski definition) is 2. The van der Waals surface area contributed by atoms with Gasteiger partial charge < -0.3 is 14.8 Å². The fourth-order valence-corrected chi connectivity index (χ4v) is 4.15. The minimum Gasteiger partial charge on any atom is -0.335 e. The number of hydrogen-bond acceptors (Lipinski definition) is 7. The zero-order chi connectivity index (χ0) is 20.8. The number of pyridine rings is 1. The molecular weight excluding hydrogens is 402 g/mol. The molecule has 1 amide bonds. The van der Waals surface area contributed by atoms with E-state index in [1.807, 2.05) is 19.1 Å². The van der Waals surface area contributed by atoms with Crippen molar-refractivity contribution in [2.45, 2.75) is 13.8 Å². The molecule has 30 heavy (non-hydrogen) atoms. The molecular formula is C21H15N5O3S. The van der Waals surface area contributed by atoms with Crippen molar-refractivity contribution < 1.29 is 9.32 Å². The Morgan fingerprint density at radius 3 is 2.83 bits per heavy atom. The van der Waals surface area contributed by atoms with Gasteiger partial charge in [-0.15, -0.1) is 11.3 Å². The van der Waals surface area contributed by atoms with Gasteiger partial charge in [0.15, 0.2) is 0 Å². The maximum atomic E-state index is 13.2. The summed E-state index contributed by atoms with van der Waals surface area (Å²) in [5.41, 5.74) is 2.69. The van der Waals surface area contributed by atoms with Crippen LogP contribution >= 0.6 is 11.3 Å². The van der Waals surface area contributed by atoms with Crippen molar-refractivity contribution in [1.29, 1.82) is 0 Å². The average Bonchev–Trinajstić information content (AvgIpc) is 3.34. The lowest BCUT2D eigenvalue weighted by molar-refractivity contribution is 0.102. The van der Waals surface area contributed by atoms with Gasteiger partial charge in [-0.1, -0.05) is 5.16 Å². The molecule has 0 aliphatic rings. The smallest absolute Gasteiger partial charge is 0.259 e. The Kier molecular flexibility index (Phi) is 4.18. The highest BCUT2D eigenvalue weighted by Crippen LogP contribution is 2.31. The highest BCUT2D eigenvalue weighted by atomic mass is 32.1. The summed E-state index contributed by atoms with van der Waals surface area (Å²) in [4.78, 5) is 38.5. The number of amides is 1. The second-order valence-corrected chi connectivity index (χ2v) is 8.12. The van der Waals surface area contributed by atoms with Crippen LogP contribution in [0, 0.1) is 13.8 Å². The van der Waals surface area contributed by atoms with E-state index in [0.29, 0.717) is 44.6 Å². The van der Waals surface area contributed by atoms with Gasteiger partial charge in [-0.25, -0.2) is 9.97 Å². The molecule has 0 spiro atoms. The molecule has 0 fully saturated rings. The number of H-pyrrole nitrogens is 1. The van der Waals surface area contributed by atoms with Gasteiger partial charge in [-0.3, -0.25) is 9.59 Å². The second-order valence-electron chi connectivity index (χ2n) is 6.83. The van der Waals surface area contributed by atoms with Crippen molar-refractivity contribution in [1.82, 2.24) is 20.1 Å². The number of benzene rings is 1. The number of fused-ring (bicyclic) bond motifs is 2. The average molecular weight is 417 g/mol. The molecule has 0 aliphatic carbocycles. The summed E-state index contributed by atoms with van der Waals surface area (Å²) in [6.45, 7) is 3.77. The third-order valence-corrected chi connectivity index (χ3v) is 5.78. The van der Waals surface area contributed by atoms with Crippen molar-refractivity contribution in [3.05, 3.63) is 69.2 Å². The first-order valence-electron chi connectivity index (χ1n) is 9.12. The largest absolute Gasteiger partial charge is 0.335 e. The Morgan fingerprint density at radius 1 is 1.17 bits per heavy atom. The summed E-state index contributed by atoms with van der Waals surface area (Å²) in [5, 5.41) is 7.78. The van der Waals surface area contributed by atoms with Crippen LogP contribution in [0.15, 0.2) is 52.0 Å². The van der Waals surface area contributed by atoms with E-state index >= 15 is 0 Å². The number of carbonyl (C=O) groups is 1. The van der Waals surface area contributed by atoms with E-state index < -0.39 is 0 Å². The maximum absolute atomic E-state index is 13.2. The summed E-state index contributed by atoms with van der Waals surface area (Å²) >= 11 is 1.58. The number of aryl methyl sites for hydroxylation is 2. The van der Waals surface area contributed by atoms with Crippen LogP contribution in [0.4, 0.5) is 5.69 Å². The molecule has 9 heteroatoms. The Labute approximate surface area is 173 Å². The molecule has 2 N–H and O–H groups in total. The van der Waals surface area contributed by atoms with Crippen molar-refractivity contribution >= 4 is 44.9 Å². The van der Waals surface area contributed by atoms with E-state index in [-0.39, 0.29) is 11.5 Å². The van der Waals surface area contributed by atoms with E-state index in [2.05, 4.69) is 25.4 Å². The summed E-state index contributed by atoms with van der Waals surface area (Å²) in [6.07, 6.45) is 1.35. The van der Waals surface area contributed by atoms with Crippen molar-refractivity contribution in [3.63, 3.8) is 0 Å². The number of aromatic amines is 1. The molecule has 0 aliphatic heterocycles. The highest BCUT2D eigenvalue weighted by molar-refractivity contribution is 7.15. The Morgan fingerprint density at radius 2 is 2.03 bits per heavy atom. The molecule has 0 radical (unpaired) electrons. The highest BCUT2D eigenvalue weighted by Gasteiger charge is 2.20. The first kappa shape index (κ1) is 18.2. The standard InChI is InChI=1S/C21H15N5O3S/c1-10-3-6-17(30-10)16-8-14(18-11(2)26-29-21(18)25-16)20(28)24-12-4-5-15-13(7-12)19(27)23-9-22-15/h3-9H,1-2H3,(H,24,28)(H,22,23,27). The predicted molar refractivity (Wildman–Crippen MR) is 115 cm³/mol. The molecule has 0 atom stereocenters. The van der Waals surface area contributed by atoms with Crippen LogP contribution in [0.2, 0.25) is 0 Å². The SMILES string of the molecule is Cc1ccc(-c2cc(C(=O)Nc3ccc4nc[nH]c(=O)c4c3)c3c(C)noc3n2)s1. The van der Waals surface area contributed by atoms with Gasteiger partial charge in [0, 0.05) is 10.6 Å². The lowest BCUT2D eigenvalue weighted by Gasteiger charge is -2.08. The van der Waals surface area contributed by atoms with Gasteiger partial charge >= 0.3 is 0 Å². The maximum Gasteiger partial charge on any atom is 0.259 e. The number of nitrogens with one attached hydrogen (secondary N) is 2. The number of nitrogens with zero attached hydrogens (tertiary/aromatic N) is 3. The van der Waals surface area contributed by atoms with Crippen LogP contribution in [0.3, 0.4) is 0 Å². The van der Waals surface area contributed by atoms with Gasteiger partial charge in [-0.05, 0) is 50.2 Å². The molecule has 148 valence electrons. The lowest BCUT2D eigenvalue weighted by Crippen LogP contribution is -2.14. The molecule has 0 unspecified atom stereocenters. The predicted octanol–water partition coefficient (Wildman–Crippen LogP) is 4.06. The van der Waals surface area contributed by atoms with Crippen LogP contribution in [0.1, 0.15) is 20.9 Å². The van der Waals surface area contributed by atoms with Crippen molar-refractivity contribution in [2.24, 2.45) is 0 Å². The zero-order valence-corrected chi connectivity index (χ0v) is 16.8. The first-order chi connectivity index (χ1) is 14.5. The van der Waals surface area contributed by atoms with E-state index in [9.17, 15) is 9.59 Å². The monoisotopic (exact) mass is 417 g/mol. The van der Waals surface area contributed by atoms with E-state index in [4.69, 9.17) is 4.52 Å². The van der Waals surface area contributed by atoms with Gasteiger partial charge in [0.2, 0.25) is 0 Å². The first-order valence-corrected chi connectivity index (χ1v) is 9.94. The zero-order valence-electron chi connectivity index (χ0n) is 16.0. The Hall–Kier alpha value is -3.85. The molecule has 0 bridgehead atoms. The second kappa shape index (κ2) is 6.89.